The first-order valence-corrected chi connectivity index (χ1v) is 9.39. The number of ether oxygens (including phenoxy) is 2. The average molecular weight is 470 g/mol. The first kappa shape index (κ1) is 21.7. The fraction of sp³-hybridized carbons (Fsp3) is 0.211. The van der Waals surface area contributed by atoms with E-state index in [9.17, 15) is 14.4 Å². The Kier molecular flexibility index (Phi) is 8.28. The summed E-state index contributed by atoms with van der Waals surface area (Å²) >= 11 is 9.26. The predicted molar refractivity (Wildman–Crippen MR) is 110 cm³/mol. The van der Waals surface area contributed by atoms with E-state index in [4.69, 9.17) is 21.1 Å². The Morgan fingerprint density at radius 1 is 1.00 bits per heavy atom. The molecule has 0 aliphatic rings. The van der Waals surface area contributed by atoms with E-state index < -0.39 is 18.5 Å². The predicted octanol–water partition coefficient (Wildman–Crippen LogP) is 4.01. The second-order valence-corrected chi connectivity index (χ2v) is 6.93. The number of hydrogen-bond acceptors (Lipinski definition) is 5. The molecule has 0 spiro atoms. The van der Waals surface area contributed by atoms with E-state index in [1.54, 1.807) is 49.6 Å². The molecule has 2 amide bonds. The van der Waals surface area contributed by atoms with Crippen molar-refractivity contribution in [2.24, 2.45) is 0 Å². The maximum Gasteiger partial charge on any atom is 0.306 e. The first-order valence-electron chi connectivity index (χ1n) is 8.22. The summed E-state index contributed by atoms with van der Waals surface area (Å²) < 4.78 is 10.7. The minimum atomic E-state index is -0.651. The number of benzene rings is 2. The quantitative estimate of drug-likeness (QED) is 0.570. The van der Waals surface area contributed by atoms with Crippen molar-refractivity contribution in [2.75, 3.05) is 24.4 Å². The molecule has 7 nitrogen and oxygen atoms in total. The molecule has 0 fully saturated rings. The summed E-state index contributed by atoms with van der Waals surface area (Å²) in [6.07, 6.45) is -0.209. The largest absolute Gasteiger partial charge is 0.497 e. The molecule has 0 aliphatic heterocycles. The van der Waals surface area contributed by atoms with Crippen molar-refractivity contribution in [2.45, 2.75) is 12.8 Å². The van der Waals surface area contributed by atoms with Crippen LogP contribution in [0.4, 0.5) is 11.4 Å². The van der Waals surface area contributed by atoms with Crippen LogP contribution in [0, 0.1) is 0 Å². The SMILES string of the molecule is COc1ccc(NC(=O)CCC(=O)OCC(=O)Nc2ccc(Br)cc2Cl)cc1. The normalized spacial score (nSPS) is 10.1. The van der Waals surface area contributed by atoms with E-state index in [0.717, 1.165) is 4.47 Å². The minimum absolute atomic E-state index is 0.0645. The third kappa shape index (κ3) is 7.21. The molecule has 0 aliphatic carbocycles. The Hall–Kier alpha value is -2.58. The third-order valence-corrected chi connectivity index (χ3v) is 4.31. The van der Waals surface area contributed by atoms with E-state index in [-0.39, 0.29) is 18.7 Å². The smallest absolute Gasteiger partial charge is 0.306 e. The molecular formula is C19H18BrClN2O5. The topological polar surface area (TPSA) is 93.7 Å². The Balaban J connectivity index is 1.69. The highest BCUT2D eigenvalue weighted by atomic mass is 79.9. The lowest BCUT2D eigenvalue weighted by Gasteiger charge is -2.09. The van der Waals surface area contributed by atoms with Crippen LogP contribution in [0.25, 0.3) is 0 Å². The summed E-state index contributed by atoms with van der Waals surface area (Å²) in [4.78, 5) is 35.4. The van der Waals surface area contributed by atoms with Crippen LogP contribution in [0.1, 0.15) is 12.8 Å². The Morgan fingerprint density at radius 3 is 2.36 bits per heavy atom. The van der Waals surface area contributed by atoms with Crippen LogP contribution in [-0.2, 0) is 19.1 Å². The van der Waals surface area contributed by atoms with Crippen LogP contribution in [0.2, 0.25) is 5.02 Å². The summed E-state index contributed by atoms with van der Waals surface area (Å²) in [5, 5.41) is 5.55. The fourth-order valence-electron chi connectivity index (χ4n) is 2.11. The molecule has 0 saturated heterocycles. The number of carbonyl (C=O) groups is 3. The molecule has 9 heteroatoms. The maximum atomic E-state index is 11.9. The van der Waals surface area contributed by atoms with Crippen molar-refractivity contribution in [3.8, 4) is 5.75 Å². The number of hydrogen-bond donors (Lipinski definition) is 2. The van der Waals surface area contributed by atoms with Gasteiger partial charge >= 0.3 is 5.97 Å². The maximum absolute atomic E-state index is 11.9. The number of halogens is 2. The molecule has 2 aromatic rings. The van der Waals surface area contributed by atoms with E-state index in [1.165, 1.54) is 0 Å². The van der Waals surface area contributed by atoms with E-state index in [1.807, 2.05) is 0 Å². The number of methoxy groups -OCH3 is 1. The Morgan fingerprint density at radius 2 is 1.71 bits per heavy atom. The van der Waals surface area contributed by atoms with Gasteiger partial charge in [0, 0.05) is 16.6 Å². The standard InChI is InChI=1S/C19H18BrClN2O5/c1-27-14-5-3-13(4-6-14)22-17(24)8-9-19(26)28-11-18(25)23-16-7-2-12(20)10-15(16)21/h2-7,10H,8-9,11H2,1H3,(H,22,24)(H,23,25). The second kappa shape index (κ2) is 10.7. The Labute approximate surface area is 175 Å². The van der Waals surface area contributed by atoms with Crippen molar-refractivity contribution >= 4 is 56.7 Å². The van der Waals surface area contributed by atoms with Crippen LogP contribution in [0.5, 0.6) is 5.75 Å². The first-order chi connectivity index (χ1) is 13.4. The summed E-state index contributed by atoms with van der Waals surface area (Å²) in [6.45, 7) is -0.467. The van der Waals surface area contributed by atoms with Crippen molar-refractivity contribution in [3.05, 3.63) is 52.0 Å². The van der Waals surface area contributed by atoms with E-state index in [2.05, 4.69) is 26.6 Å². The molecule has 2 rings (SSSR count). The van der Waals surface area contributed by atoms with Gasteiger partial charge in [0.1, 0.15) is 5.75 Å². The lowest BCUT2D eigenvalue weighted by Crippen LogP contribution is -2.22. The number of esters is 1. The third-order valence-electron chi connectivity index (χ3n) is 3.50. The second-order valence-electron chi connectivity index (χ2n) is 5.61. The highest BCUT2D eigenvalue weighted by Crippen LogP contribution is 2.25. The molecule has 0 atom stereocenters. The van der Waals surface area contributed by atoms with Crippen LogP contribution in [0.15, 0.2) is 46.9 Å². The van der Waals surface area contributed by atoms with E-state index >= 15 is 0 Å². The lowest BCUT2D eigenvalue weighted by atomic mass is 10.2. The molecule has 0 heterocycles. The van der Waals surface area contributed by atoms with Gasteiger partial charge in [0.15, 0.2) is 6.61 Å². The monoisotopic (exact) mass is 468 g/mol. The van der Waals surface area contributed by atoms with Crippen LogP contribution < -0.4 is 15.4 Å². The zero-order chi connectivity index (χ0) is 20.5. The van der Waals surface area contributed by atoms with Gasteiger partial charge in [-0.05, 0) is 42.5 Å². The number of amides is 2. The molecule has 0 aromatic heterocycles. The molecule has 28 heavy (non-hydrogen) atoms. The molecular weight excluding hydrogens is 452 g/mol. The summed E-state index contributed by atoms with van der Waals surface area (Å²) in [5.41, 5.74) is 0.995. The number of anilines is 2. The van der Waals surface area contributed by atoms with Crippen LogP contribution in [0.3, 0.4) is 0 Å². The minimum Gasteiger partial charge on any atom is -0.497 e. The molecule has 0 radical (unpaired) electrons. The van der Waals surface area contributed by atoms with Crippen molar-refractivity contribution in [3.63, 3.8) is 0 Å². The molecule has 0 unspecified atom stereocenters. The van der Waals surface area contributed by atoms with Crippen LogP contribution in [-0.4, -0.2) is 31.5 Å². The van der Waals surface area contributed by atoms with E-state index in [0.29, 0.717) is 22.1 Å². The van der Waals surface area contributed by atoms with Gasteiger partial charge in [0.25, 0.3) is 5.91 Å². The zero-order valence-electron chi connectivity index (χ0n) is 15.0. The highest BCUT2D eigenvalue weighted by Gasteiger charge is 2.12. The van der Waals surface area contributed by atoms with Gasteiger partial charge in [0.2, 0.25) is 5.91 Å². The Bertz CT molecular complexity index is 858. The van der Waals surface area contributed by atoms with Crippen molar-refractivity contribution in [1.29, 1.82) is 0 Å². The number of rotatable bonds is 8. The molecule has 0 saturated carbocycles. The molecule has 2 N–H and O–H groups in total. The molecule has 148 valence electrons. The molecule has 0 bridgehead atoms. The van der Waals surface area contributed by atoms with Gasteiger partial charge in [-0.3, -0.25) is 14.4 Å². The fourth-order valence-corrected chi connectivity index (χ4v) is 2.83. The van der Waals surface area contributed by atoms with Gasteiger partial charge in [-0.2, -0.15) is 0 Å². The number of carbonyl (C=O) groups excluding carboxylic acids is 3. The zero-order valence-corrected chi connectivity index (χ0v) is 17.3. The van der Waals surface area contributed by atoms with Gasteiger partial charge < -0.3 is 20.1 Å². The van der Waals surface area contributed by atoms with Crippen LogP contribution >= 0.6 is 27.5 Å². The van der Waals surface area contributed by atoms with Crippen molar-refractivity contribution in [1.82, 2.24) is 0 Å². The van der Waals surface area contributed by atoms with Gasteiger partial charge in [-0.25, -0.2) is 0 Å². The number of nitrogens with one attached hydrogen (secondary N) is 2. The highest BCUT2D eigenvalue weighted by molar-refractivity contribution is 9.10. The summed E-state index contributed by atoms with van der Waals surface area (Å²) in [5.74, 6) is -0.848. The van der Waals surface area contributed by atoms with Gasteiger partial charge in [0.05, 0.1) is 24.2 Å². The summed E-state index contributed by atoms with van der Waals surface area (Å²) in [7, 11) is 1.55. The van der Waals surface area contributed by atoms with Crippen molar-refractivity contribution < 1.29 is 23.9 Å². The molecule has 2 aromatic carbocycles. The summed E-state index contributed by atoms with van der Waals surface area (Å²) in [6, 6.07) is 11.8. The van der Waals surface area contributed by atoms with Gasteiger partial charge in [-0.15, -0.1) is 0 Å². The average Bonchev–Trinajstić information content (AvgIpc) is 2.67. The lowest BCUT2D eigenvalue weighted by molar-refractivity contribution is -0.147. The van der Waals surface area contributed by atoms with Gasteiger partial charge in [-0.1, -0.05) is 27.5 Å².